The lowest BCUT2D eigenvalue weighted by molar-refractivity contribution is 0.0179. The number of piperazine rings is 1. The van der Waals surface area contributed by atoms with Gasteiger partial charge < -0.3 is 19.9 Å². The number of halogens is 2. The first-order chi connectivity index (χ1) is 15.7. The molecule has 2 aliphatic heterocycles. The van der Waals surface area contributed by atoms with Gasteiger partial charge in [0.05, 0.1) is 25.8 Å². The summed E-state index contributed by atoms with van der Waals surface area (Å²) in [6.45, 7) is 10.1. The fourth-order valence-corrected chi connectivity index (χ4v) is 4.32. The minimum absolute atomic E-state index is 0. The van der Waals surface area contributed by atoms with Crippen LogP contribution in [0, 0.1) is 5.82 Å². The van der Waals surface area contributed by atoms with Crippen molar-refractivity contribution >= 4 is 35.8 Å². The number of nitrogens with zero attached hydrogens (tertiary/aromatic N) is 5. The number of pyridine rings is 1. The highest BCUT2D eigenvalue weighted by Gasteiger charge is 2.25. The van der Waals surface area contributed by atoms with Gasteiger partial charge in [0, 0.05) is 52.0 Å². The van der Waals surface area contributed by atoms with Crippen LogP contribution in [0.15, 0.2) is 53.7 Å². The van der Waals surface area contributed by atoms with Crippen LogP contribution in [0.5, 0.6) is 0 Å². The second-order valence-corrected chi connectivity index (χ2v) is 8.08. The number of aliphatic imine (C=N–C) groups is 1. The van der Waals surface area contributed by atoms with Crippen LogP contribution in [0.3, 0.4) is 0 Å². The van der Waals surface area contributed by atoms with Crippen molar-refractivity contribution in [3.8, 4) is 0 Å². The topological polar surface area (TPSA) is 56.2 Å². The Bertz CT molecular complexity index is 872. The van der Waals surface area contributed by atoms with E-state index in [0.29, 0.717) is 19.8 Å². The molecule has 0 saturated carbocycles. The second-order valence-electron chi connectivity index (χ2n) is 8.08. The van der Waals surface area contributed by atoms with Crippen molar-refractivity contribution in [3.63, 3.8) is 0 Å². The van der Waals surface area contributed by atoms with E-state index in [1.54, 1.807) is 12.1 Å². The molecule has 0 amide bonds. The lowest BCUT2D eigenvalue weighted by Gasteiger charge is -2.38. The van der Waals surface area contributed by atoms with Crippen LogP contribution in [-0.2, 0) is 4.74 Å². The highest BCUT2D eigenvalue weighted by atomic mass is 127. The number of morpholine rings is 1. The molecule has 7 nitrogen and oxygen atoms in total. The largest absolute Gasteiger partial charge is 0.379 e. The molecule has 2 fully saturated rings. The summed E-state index contributed by atoms with van der Waals surface area (Å²) in [4.78, 5) is 16.5. The molecule has 9 heteroatoms. The number of rotatable bonds is 6. The maximum Gasteiger partial charge on any atom is 0.194 e. The second kappa shape index (κ2) is 13.0. The van der Waals surface area contributed by atoms with Crippen LogP contribution in [-0.4, -0.2) is 86.3 Å². The Hall–Kier alpha value is -1.98. The molecule has 1 unspecified atom stereocenters. The molecule has 1 aromatic carbocycles. The van der Waals surface area contributed by atoms with Crippen LogP contribution in [0.4, 0.5) is 10.2 Å². The average Bonchev–Trinajstić information content (AvgIpc) is 2.85. The summed E-state index contributed by atoms with van der Waals surface area (Å²) >= 11 is 0. The number of hydrogen-bond acceptors (Lipinski definition) is 5. The van der Waals surface area contributed by atoms with Gasteiger partial charge >= 0.3 is 0 Å². The molecule has 1 atom stereocenters. The van der Waals surface area contributed by atoms with Crippen molar-refractivity contribution in [2.24, 2.45) is 4.99 Å². The number of benzene rings is 1. The lowest BCUT2D eigenvalue weighted by atomic mass is 10.0. The predicted molar refractivity (Wildman–Crippen MR) is 141 cm³/mol. The van der Waals surface area contributed by atoms with Gasteiger partial charge in [-0.2, -0.15) is 0 Å². The molecule has 0 spiro atoms. The van der Waals surface area contributed by atoms with Crippen molar-refractivity contribution in [2.45, 2.75) is 13.0 Å². The lowest BCUT2D eigenvalue weighted by Crippen LogP contribution is -2.53. The number of anilines is 1. The standard InChI is InChI=1S/C24H33FN6O.HI/c1-2-26-24(31-12-10-30(11-13-31)23-8-3-4-9-27-23)28-19-22(29-14-16-32-17-15-29)20-6-5-7-21(25)18-20;/h3-9,18,22H,2,10-17,19H2,1H3,(H,26,28);1H. The molecular formula is C24H34FIN6O. The molecule has 2 aliphatic rings. The molecule has 2 saturated heterocycles. The van der Waals surface area contributed by atoms with E-state index in [1.807, 2.05) is 24.4 Å². The summed E-state index contributed by atoms with van der Waals surface area (Å²) in [7, 11) is 0. The number of hydrogen-bond donors (Lipinski definition) is 1. The van der Waals surface area contributed by atoms with E-state index in [4.69, 9.17) is 9.73 Å². The highest BCUT2D eigenvalue weighted by molar-refractivity contribution is 14.0. The van der Waals surface area contributed by atoms with Crippen LogP contribution in [0.25, 0.3) is 0 Å². The van der Waals surface area contributed by atoms with Crippen LogP contribution in [0.1, 0.15) is 18.5 Å². The zero-order valence-corrected chi connectivity index (χ0v) is 21.5. The van der Waals surface area contributed by atoms with Crippen molar-refractivity contribution in [1.29, 1.82) is 0 Å². The molecular weight excluding hydrogens is 534 g/mol. The van der Waals surface area contributed by atoms with E-state index in [1.165, 1.54) is 6.07 Å². The number of ether oxygens (including phenoxy) is 1. The molecule has 0 radical (unpaired) electrons. The maximum atomic E-state index is 14.0. The Labute approximate surface area is 213 Å². The molecule has 180 valence electrons. The fraction of sp³-hybridized carbons (Fsp3) is 0.500. The Morgan fingerprint density at radius 2 is 1.88 bits per heavy atom. The Balaban J connectivity index is 0.00000306. The molecule has 4 rings (SSSR count). The van der Waals surface area contributed by atoms with Gasteiger partial charge in [0.15, 0.2) is 5.96 Å². The molecule has 33 heavy (non-hydrogen) atoms. The molecule has 1 N–H and O–H groups in total. The smallest absolute Gasteiger partial charge is 0.194 e. The van der Waals surface area contributed by atoms with Gasteiger partial charge in [-0.3, -0.25) is 9.89 Å². The van der Waals surface area contributed by atoms with E-state index < -0.39 is 0 Å². The third kappa shape index (κ3) is 7.00. The summed E-state index contributed by atoms with van der Waals surface area (Å²) in [6.07, 6.45) is 1.84. The van der Waals surface area contributed by atoms with Crippen LogP contribution < -0.4 is 10.2 Å². The van der Waals surface area contributed by atoms with E-state index in [-0.39, 0.29) is 35.8 Å². The first-order valence-electron chi connectivity index (χ1n) is 11.5. The van der Waals surface area contributed by atoms with Crippen molar-refractivity contribution < 1.29 is 9.13 Å². The Morgan fingerprint density at radius 3 is 2.55 bits per heavy atom. The molecule has 0 aliphatic carbocycles. The normalized spacial score (nSPS) is 18.5. The summed E-state index contributed by atoms with van der Waals surface area (Å²) in [5, 5.41) is 3.45. The summed E-state index contributed by atoms with van der Waals surface area (Å²) in [6, 6.07) is 13.0. The Morgan fingerprint density at radius 1 is 1.09 bits per heavy atom. The van der Waals surface area contributed by atoms with Gasteiger partial charge in [-0.15, -0.1) is 24.0 Å². The summed E-state index contributed by atoms with van der Waals surface area (Å²) < 4.78 is 19.5. The zero-order chi connectivity index (χ0) is 22.2. The number of nitrogens with one attached hydrogen (secondary N) is 1. The van der Waals surface area contributed by atoms with Gasteiger partial charge in [-0.1, -0.05) is 18.2 Å². The quantitative estimate of drug-likeness (QED) is 0.329. The third-order valence-electron chi connectivity index (χ3n) is 6.02. The van der Waals surface area contributed by atoms with Crippen molar-refractivity contribution in [3.05, 3.63) is 60.0 Å². The minimum atomic E-state index is -0.206. The summed E-state index contributed by atoms with van der Waals surface area (Å²) in [5.74, 6) is 1.73. The molecule has 2 aromatic rings. The highest BCUT2D eigenvalue weighted by Crippen LogP contribution is 2.23. The zero-order valence-electron chi connectivity index (χ0n) is 19.2. The van der Waals surface area contributed by atoms with E-state index in [2.05, 4.69) is 38.0 Å². The number of aromatic nitrogens is 1. The minimum Gasteiger partial charge on any atom is -0.379 e. The molecule has 1 aromatic heterocycles. The maximum absolute atomic E-state index is 14.0. The third-order valence-corrected chi connectivity index (χ3v) is 6.02. The van der Waals surface area contributed by atoms with Gasteiger partial charge in [-0.25, -0.2) is 9.37 Å². The van der Waals surface area contributed by atoms with E-state index in [9.17, 15) is 4.39 Å². The monoisotopic (exact) mass is 568 g/mol. The van der Waals surface area contributed by atoms with Gasteiger partial charge in [0.2, 0.25) is 0 Å². The summed E-state index contributed by atoms with van der Waals surface area (Å²) in [5.41, 5.74) is 0.964. The molecule has 0 bridgehead atoms. The van der Waals surface area contributed by atoms with Gasteiger partial charge in [0.25, 0.3) is 0 Å². The van der Waals surface area contributed by atoms with E-state index >= 15 is 0 Å². The van der Waals surface area contributed by atoms with Gasteiger partial charge in [0.1, 0.15) is 11.6 Å². The fourth-order valence-electron chi connectivity index (χ4n) is 4.32. The SMILES string of the molecule is CCNC(=NCC(c1cccc(F)c1)N1CCOCC1)N1CCN(c2ccccn2)CC1.I. The van der Waals surface area contributed by atoms with Gasteiger partial charge in [-0.05, 0) is 36.8 Å². The van der Waals surface area contributed by atoms with E-state index in [0.717, 1.165) is 63.2 Å². The average molecular weight is 568 g/mol. The predicted octanol–water partition coefficient (Wildman–Crippen LogP) is 3.00. The van der Waals surface area contributed by atoms with Crippen molar-refractivity contribution in [1.82, 2.24) is 20.1 Å². The first kappa shape index (κ1) is 25.6. The van der Waals surface area contributed by atoms with Crippen molar-refractivity contribution in [2.75, 3.05) is 70.5 Å². The molecule has 3 heterocycles. The van der Waals surface area contributed by atoms with Crippen LogP contribution >= 0.6 is 24.0 Å². The first-order valence-corrected chi connectivity index (χ1v) is 11.5. The number of guanidine groups is 1. The Kier molecular flexibility index (Phi) is 10.1. The van der Waals surface area contributed by atoms with Crippen LogP contribution in [0.2, 0.25) is 0 Å².